The fraction of sp³-hybridized carbons (Fsp3) is 0.400. The maximum Gasteiger partial charge on any atom is 0.185 e. The number of aryl methyl sites for hydroxylation is 2. The van der Waals surface area contributed by atoms with E-state index >= 15 is 0 Å². The molecule has 0 radical (unpaired) electrons. The molecule has 0 saturated carbocycles. The third-order valence-corrected chi connectivity index (χ3v) is 4.71. The molecule has 24 heavy (non-hydrogen) atoms. The Hall–Kier alpha value is -2.36. The first kappa shape index (κ1) is 16.5. The number of carbonyl (C=O) groups excluding carboxylic acids is 1. The Morgan fingerprint density at radius 1 is 1.08 bits per heavy atom. The first-order valence-corrected chi connectivity index (χ1v) is 8.74. The number of ketones is 1. The summed E-state index contributed by atoms with van der Waals surface area (Å²) in [6.07, 6.45) is 8.64. The fourth-order valence-electron chi connectivity index (χ4n) is 3.23. The summed E-state index contributed by atoms with van der Waals surface area (Å²) >= 11 is 0. The van der Waals surface area contributed by atoms with Gasteiger partial charge in [-0.1, -0.05) is 12.8 Å². The summed E-state index contributed by atoms with van der Waals surface area (Å²) in [6, 6.07) is 8.01. The third-order valence-electron chi connectivity index (χ3n) is 4.71. The number of benzene rings is 1. The van der Waals surface area contributed by atoms with Crippen LogP contribution in [0.2, 0.25) is 0 Å². The van der Waals surface area contributed by atoms with E-state index in [1.54, 1.807) is 6.08 Å². The van der Waals surface area contributed by atoms with Gasteiger partial charge in [-0.25, -0.2) is 0 Å². The maximum absolute atomic E-state index is 12.4. The van der Waals surface area contributed by atoms with Crippen molar-refractivity contribution in [1.82, 2.24) is 10.2 Å². The fourth-order valence-corrected chi connectivity index (χ4v) is 3.23. The number of H-pyrrole nitrogens is 1. The van der Waals surface area contributed by atoms with E-state index in [9.17, 15) is 4.79 Å². The lowest BCUT2D eigenvalue weighted by Gasteiger charge is -2.22. The molecule has 1 N–H and O–H groups in total. The van der Waals surface area contributed by atoms with Crippen molar-refractivity contribution >= 4 is 17.5 Å². The van der Waals surface area contributed by atoms with Crippen LogP contribution in [0.1, 0.15) is 53.0 Å². The topological polar surface area (TPSA) is 49.0 Å². The minimum absolute atomic E-state index is 0.0254. The molecule has 0 bridgehead atoms. The maximum atomic E-state index is 12.4. The molecule has 126 valence electrons. The Balaban J connectivity index is 1.69. The van der Waals surface area contributed by atoms with Crippen molar-refractivity contribution < 1.29 is 4.79 Å². The second-order valence-electron chi connectivity index (χ2n) is 6.49. The van der Waals surface area contributed by atoms with Crippen molar-refractivity contribution in [2.45, 2.75) is 39.5 Å². The number of allylic oxidation sites excluding steroid dienone is 1. The number of rotatable bonds is 4. The molecular weight excluding hydrogens is 298 g/mol. The average Bonchev–Trinajstić information content (AvgIpc) is 2.81. The van der Waals surface area contributed by atoms with E-state index in [4.69, 9.17) is 0 Å². The molecule has 1 aliphatic rings. The van der Waals surface area contributed by atoms with E-state index in [-0.39, 0.29) is 5.78 Å². The first-order chi connectivity index (χ1) is 11.6. The van der Waals surface area contributed by atoms with Crippen LogP contribution in [-0.2, 0) is 0 Å². The lowest BCUT2D eigenvalue weighted by molar-refractivity contribution is 0.104. The number of aromatic amines is 1. The number of nitrogens with one attached hydrogen (secondary N) is 1. The Morgan fingerprint density at radius 2 is 1.75 bits per heavy atom. The van der Waals surface area contributed by atoms with E-state index < -0.39 is 0 Å². The molecule has 0 spiro atoms. The summed E-state index contributed by atoms with van der Waals surface area (Å²) in [7, 11) is 0. The van der Waals surface area contributed by atoms with Crippen LogP contribution in [0, 0.1) is 13.8 Å². The van der Waals surface area contributed by atoms with Crippen LogP contribution in [0.4, 0.5) is 5.69 Å². The summed E-state index contributed by atoms with van der Waals surface area (Å²) < 4.78 is 0. The Bertz CT molecular complexity index is 700. The van der Waals surface area contributed by atoms with E-state index in [0.717, 1.165) is 35.6 Å². The average molecular weight is 323 g/mol. The van der Waals surface area contributed by atoms with Gasteiger partial charge >= 0.3 is 0 Å². The Labute approximate surface area is 143 Å². The van der Waals surface area contributed by atoms with Crippen LogP contribution in [0.15, 0.2) is 30.3 Å². The van der Waals surface area contributed by atoms with Crippen LogP contribution >= 0.6 is 0 Å². The van der Waals surface area contributed by atoms with Gasteiger partial charge in [0.2, 0.25) is 0 Å². The van der Waals surface area contributed by atoms with Gasteiger partial charge in [-0.15, -0.1) is 0 Å². The molecule has 2 aromatic rings. The van der Waals surface area contributed by atoms with Crippen molar-refractivity contribution in [1.29, 1.82) is 0 Å². The monoisotopic (exact) mass is 323 g/mol. The molecular formula is C20H25N3O. The number of anilines is 1. The largest absolute Gasteiger partial charge is 0.372 e. The summed E-state index contributed by atoms with van der Waals surface area (Å²) in [6.45, 7) is 6.13. The molecule has 4 heteroatoms. The Kier molecular flexibility index (Phi) is 5.14. The lowest BCUT2D eigenvalue weighted by Crippen LogP contribution is -2.23. The third kappa shape index (κ3) is 3.75. The molecule has 1 aromatic carbocycles. The van der Waals surface area contributed by atoms with Gasteiger partial charge in [0, 0.05) is 35.6 Å². The minimum atomic E-state index is 0.0254. The van der Waals surface area contributed by atoms with E-state index in [2.05, 4.69) is 27.2 Å². The van der Waals surface area contributed by atoms with Gasteiger partial charge in [0.05, 0.1) is 5.69 Å². The second-order valence-corrected chi connectivity index (χ2v) is 6.49. The highest BCUT2D eigenvalue weighted by molar-refractivity contribution is 6.07. The van der Waals surface area contributed by atoms with Crippen molar-refractivity contribution in [2.24, 2.45) is 0 Å². The minimum Gasteiger partial charge on any atom is -0.372 e. The van der Waals surface area contributed by atoms with Gasteiger partial charge in [0.1, 0.15) is 0 Å². The highest BCUT2D eigenvalue weighted by Crippen LogP contribution is 2.20. The van der Waals surface area contributed by atoms with Gasteiger partial charge in [-0.05, 0) is 63.1 Å². The molecule has 0 atom stereocenters. The SMILES string of the molecule is Cc1n[nH]c(C)c1/C=C\C(=O)c1ccc(N2CCCCCC2)cc1. The summed E-state index contributed by atoms with van der Waals surface area (Å²) in [5, 5.41) is 7.08. The van der Waals surface area contributed by atoms with Crippen molar-refractivity contribution in [2.75, 3.05) is 18.0 Å². The van der Waals surface area contributed by atoms with Crippen LogP contribution in [0.25, 0.3) is 6.08 Å². The van der Waals surface area contributed by atoms with Crippen LogP contribution in [0.3, 0.4) is 0 Å². The standard InChI is InChI=1S/C20H25N3O/c1-15-19(16(2)22-21-15)11-12-20(24)17-7-9-18(10-8-17)23-13-5-3-4-6-14-23/h7-12H,3-6,13-14H2,1-2H3,(H,21,22)/b12-11-. The van der Waals surface area contributed by atoms with Crippen molar-refractivity contribution in [3.8, 4) is 0 Å². The molecule has 1 aromatic heterocycles. The lowest BCUT2D eigenvalue weighted by atomic mass is 10.1. The second kappa shape index (κ2) is 7.47. The first-order valence-electron chi connectivity index (χ1n) is 8.74. The normalized spacial score (nSPS) is 15.7. The summed E-state index contributed by atoms with van der Waals surface area (Å²) in [5.41, 5.74) is 4.83. The van der Waals surface area contributed by atoms with Gasteiger partial charge in [0.15, 0.2) is 5.78 Å². The Morgan fingerprint density at radius 3 is 2.33 bits per heavy atom. The number of hydrogen-bond acceptors (Lipinski definition) is 3. The number of aromatic nitrogens is 2. The zero-order valence-corrected chi connectivity index (χ0v) is 14.5. The van der Waals surface area contributed by atoms with Gasteiger partial charge in [-0.2, -0.15) is 5.10 Å². The zero-order chi connectivity index (χ0) is 16.9. The highest BCUT2D eigenvalue weighted by atomic mass is 16.1. The highest BCUT2D eigenvalue weighted by Gasteiger charge is 2.11. The molecule has 1 fully saturated rings. The van der Waals surface area contributed by atoms with Crippen LogP contribution in [-0.4, -0.2) is 29.1 Å². The number of hydrogen-bond donors (Lipinski definition) is 1. The molecule has 3 rings (SSSR count). The van der Waals surface area contributed by atoms with Crippen molar-refractivity contribution in [3.63, 3.8) is 0 Å². The summed E-state index contributed by atoms with van der Waals surface area (Å²) in [4.78, 5) is 14.8. The van der Waals surface area contributed by atoms with Crippen LogP contribution < -0.4 is 4.90 Å². The predicted octanol–water partition coefficient (Wildman–Crippen LogP) is 4.30. The molecule has 2 heterocycles. The number of carbonyl (C=O) groups is 1. The smallest absolute Gasteiger partial charge is 0.185 e. The molecule has 0 aliphatic carbocycles. The van der Waals surface area contributed by atoms with Crippen molar-refractivity contribution in [3.05, 3.63) is 52.9 Å². The molecule has 1 saturated heterocycles. The molecule has 1 aliphatic heterocycles. The molecule has 0 unspecified atom stereocenters. The zero-order valence-electron chi connectivity index (χ0n) is 14.5. The van der Waals surface area contributed by atoms with Gasteiger partial charge in [-0.3, -0.25) is 9.89 Å². The van der Waals surface area contributed by atoms with Crippen LogP contribution in [0.5, 0.6) is 0 Å². The summed E-state index contributed by atoms with van der Waals surface area (Å²) in [5.74, 6) is 0.0254. The number of nitrogens with zero attached hydrogens (tertiary/aromatic N) is 2. The predicted molar refractivity (Wildman–Crippen MR) is 98.5 cm³/mol. The van der Waals surface area contributed by atoms with Gasteiger partial charge in [0.25, 0.3) is 0 Å². The quantitative estimate of drug-likeness (QED) is 0.674. The van der Waals surface area contributed by atoms with E-state index in [1.165, 1.54) is 31.4 Å². The molecule has 4 nitrogen and oxygen atoms in total. The van der Waals surface area contributed by atoms with E-state index in [1.807, 2.05) is 32.1 Å². The van der Waals surface area contributed by atoms with Gasteiger partial charge < -0.3 is 4.90 Å². The molecule has 0 amide bonds. The van der Waals surface area contributed by atoms with E-state index in [0.29, 0.717) is 0 Å².